The second-order valence-electron chi connectivity index (χ2n) is 4.20. The Kier molecular flexibility index (Phi) is 6.25. The molecule has 18 heavy (non-hydrogen) atoms. The minimum Gasteiger partial charge on any atom is -0.469 e. The van der Waals surface area contributed by atoms with Crippen LogP contribution >= 0.6 is 11.8 Å². The van der Waals surface area contributed by atoms with Crippen molar-refractivity contribution in [2.24, 2.45) is 0 Å². The maximum Gasteiger partial charge on any atom is 0.306 e. The van der Waals surface area contributed by atoms with Crippen molar-refractivity contribution in [1.29, 1.82) is 0 Å². The van der Waals surface area contributed by atoms with Crippen molar-refractivity contribution in [3.05, 3.63) is 17.5 Å². The van der Waals surface area contributed by atoms with Crippen LogP contribution < -0.4 is 0 Å². The molecule has 1 atom stereocenters. The van der Waals surface area contributed by atoms with E-state index in [1.54, 1.807) is 11.8 Å². The van der Waals surface area contributed by atoms with E-state index in [1.807, 2.05) is 4.68 Å². The fourth-order valence-corrected chi connectivity index (χ4v) is 2.62. The number of thioether (sulfide) groups is 1. The lowest BCUT2D eigenvalue weighted by atomic mass is 10.3. The molecule has 0 spiro atoms. The summed E-state index contributed by atoms with van der Waals surface area (Å²) in [5.74, 6) is 0.743. The van der Waals surface area contributed by atoms with Gasteiger partial charge >= 0.3 is 5.97 Å². The number of rotatable bonds is 7. The van der Waals surface area contributed by atoms with E-state index in [1.165, 1.54) is 12.8 Å². The minimum absolute atomic E-state index is 0.145. The molecule has 0 aliphatic rings. The van der Waals surface area contributed by atoms with Crippen LogP contribution in [0.25, 0.3) is 0 Å². The number of aromatic nitrogens is 2. The molecule has 0 N–H and O–H groups in total. The van der Waals surface area contributed by atoms with Gasteiger partial charge in [-0.1, -0.05) is 13.8 Å². The Labute approximate surface area is 113 Å². The van der Waals surface area contributed by atoms with Crippen molar-refractivity contribution in [2.45, 2.75) is 51.2 Å². The fraction of sp³-hybridized carbons (Fsp3) is 0.692. The van der Waals surface area contributed by atoms with Crippen molar-refractivity contribution >= 4 is 17.7 Å². The van der Waals surface area contributed by atoms with Crippen LogP contribution in [0.3, 0.4) is 0 Å². The lowest BCUT2D eigenvalue weighted by molar-refractivity contribution is -0.140. The summed E-state index contributed by atoms with van der Waals surface area (Å²) in [5, 5.41) is 4.78. The normalized spacial score (nSPS) is 12.4. The monoisotopic (exact) mass is 270 g/mol. The van der Waals surface area contributed by atoms with Crippen molar-refractivity contribution in [3.63, 3.8) is 0 Å². The highest BCUT2D eigenvalue weighted by molar-refractivity contribution is 7.99. The van der Waals surface area contributed by atoms with E-state index in [0.29, 0.717) is 6.42 Å². The lowest BCUT2D eigenvalue weighted by Crippen LogP contribution is -2.09. The number of hydrogen-bond acceptors (Lipinski definition) is 4. The summed E-state index contributed by atoms with van der Waals surface area (Å²) in [6.07, 6.45) is 1.42. The number of carbonyl (C=O) groups is 1. The molecule has 1 aromatic rings. The van der Waals surface area contributed by atoms with E-state index in [-0.39, 0.29) is 11.2 Å². The highest BCUT2D eigenvalue weighted by Crippen LogP contribution is 2.21. The topological polar surface area (TPSA) is 44.1 Å². The average Bonchev–Trinajstić information content (AvgIpc) is 2.78. The first kappa shape index (κ1) is 15.1. The lowest BCUT2D eigenvalue weighted by Gasteiger charge is -2.10. The summed E-state index contributed by atoms with van der Waals surface area (Å²) in [6.45, 7) is 7.15. The Hall–Kier alpha value is -0.970. The molecule has 0 aliphatic carbocycles. The average molecular weight is 270 g/mol. The molecule has 0 amide bonds. The molecule has 5 heteroatoms. The van der Waals surface area contributed by atoms with Gasteiger partial charge in [0.2, 0.25) is 0 Å². The number of nitrogens with zero attached hydrogens (tertiary/aromatic N) is 2. The van der Waals surface area contributed by atoms with Crippen LogP contribution in [-0.4, -0.2) is 28.1 Å². The smallest absolute Gasteiger partial charge is 0.306 e. The van der Waals surface area contributed by atoms with Crippen LogP contribution in [0.5, 0.6) is 0 Å². The van der Waals surface area contributed by atoms with Crippen molar-refractivity contribution in [1.82, 2.24) is 9.78 Å². The maximum atomic E-state index is 11.2. The number of methoxy groups -OCH3 is 1. The van der Waals surface area contributed by atoms with Crippen molar-refractivity contribution in [2.75, 3.05) is 7.11 Å². The second-order valence-corrected chi connectivity index (χ2v) is 5.62. The molecule has 1 unspecified atom stereocenters. The standard InChI is InChI=1S/C13H22N2O2S/c1-5-11-8-12(15(6-2)14-11)9-18-10(3)7-13(16)17-4/h8,10H,5-7,9H2,1-4H3. The summed E-state index contributed by atoms with van der Waals surface area (Å²) in [5.41, 5.74) is 2.36. The Morgan fingerprint density at radius 2 is 2.28 bits per heavy atom. The van der Waals surface area contributed by atoms with E-state index < -0.39 is 0 Å². The predicted molar refractivity (Wildman–Crippen MR) is 74.7 cm³/mol. The number of ether oxygens (including phenoxy) is 1. The van der Waals surface area contributed by atoms with Gasteiger partial charge < -0.3 is 4.74 Å². The quantitative estimate of drug-likeness (QED) is 0.714. The van der Waals surface area contributed by atoms with Gasteiger partial charge in [0.1, 0.15) is 0 Å². The zero-order chi connectivity index (χ0) is 13.5. The van der Waals surface area contributed by atoms with Crippen LogP contribution in [0.2, 0.25) is 0 Å². The van der Waals surface area contributed by atoms with Crippen LogP contribution in [0.4, 0.5) is 0 Å². The molecular formula is C13H22N2O2S. The van der Waals surface area contributed by atoms with Gasteiger partial charge in [-0.2, -0.15) is 16.9 Å². The van der Waals surface area contributed by atoms with Crippen LogP contribution in [0, 0.1) is 0 Å². The van der Waals surface area contributed by atoms with Crippen LogP contribution in [0.15, 0.2) is 6.07 Å². The number of hydrogen-bond donors (Lipinski definition) is 0. The van der Waals surface area contributed by atoms with E-state index in [4.69, 9.17) is 0 Å². The zero-order valence-corrected chi connectivity index (χ0v) is 12.4. The summed E-state index contributed by atoms with van der Waals surface area (Å²) in [4.78, 5) is 11.2. The predicted octanol–water partition coefficient (Wildman–Crippen LogP) is 2.65. The largest absolute Gasteiger partial charge is 0.469 e. The first-order valence-corrected chi connectivity index (χ1v) is 7.39. The molecule has 0 saturated carbocycles. The molecule has 0 fully saturated rings. The Balaban J connectivity index is 2.51. The molecule has 0 saturated heterocycles. The van der Waals surface area contributed by atoms with Gasteiger partial charge in [0.25, 0.3) is 0 Å². The second kappa shape index (κ2) is 7.46. The van der Waals surface area contributed by atoms with Gasteiger partial charge in [-0.15, -0.1) is 0 Å². The zero-order valence-electron chi connectivity index (χ0n) is 11.6. The number of aryl methyl sites for hydroxylation is 2. The summed E-state index contributed by atoms with van der Waals surface area (Å²) < 4.78 is 6.71. The summed E-state index contributed by atoms with van der Waals surface area (Å²) in [6, 6.07) is 2.15. The molecule has 1 aromatic heterocycles. The molecule has 0 bridgehead atoms. The van der Waals surface area contributed by atoms with Gasteiger partial charge in [0, 0.05) is 23.2 Å². The van der Waals surface area contributed by atoms with Gasteiger partial charge in [-0.05, 0) is 19.4 Å². The molecule has 0 radical (unpaired) electrons. The van der Waals surface area contributed by atoms with Crippen molar-refractivity contribution in [3.8, 4) is 0 Å². The molecule has 1 heterocycles. The Morgan fingerprint density at radius 1 is 1.56 bits per heavy atom. The van der Waals surface area contributed by atoms with Crippen molar-refractivity contribution < 1.29 is 9.53 Å². The SMILES string of the molecule is CCc1cc(CSC(C)CC(=O)OC)n(CC)n1. The van der Waals surface area contributed by atoms with Gasteiger partial charge in [-0.3, -0.25) is 9.48 Å². The Morgan fingerprint density at radius 3 is 2.83 bits per heavy atom. The minimum atomic E-state index is -0.145. The summed E-state index contributed by atoms with van der Waals surface area (Å²) >= 11 is 1.76. The van der Waals surface area contributed by atoms with Crippen LogP contribution in [-0.2, 0) is 28.2 Å². The highest BCUT2D eigenvalue weighted by atomic mass is 32.2. The molecule has 1 rings (SSSR count). The number of carbonyl (C=O) groups excluding carboxylic acids is 1. The molecule has 0 aromatic carbocycles. The maximum absolute atomic E-state index is 11.2. The molecule has 4 nitrogen and oxygen atoms in total. The fourth-order valence-electron chi connectivity index (χ4n) is 1.68. The van der Waals surface area contributed by atoms with E-state index in [9.17, 15) is 4.79 Å². The van der Waals surface area contributed by atoms with E-state index >= 15 is 0 Å². The highest BCUT2D eigenvalue weighted by Gasteiger charge is 2.12. The first-order valence-electron chi connectivity index (χ1n) is 6.34. The Bertz CT molecular complexity index is 390. The molecule has 102 valence electrons. The van der Waals surface area contributed by atoms with E-state index in [0.717, 1.165) is 24.4 Å². The first-order chi connectivity index (χ1) is 8.60. The van der Waals surface area contributed by atoms with Gasteiger partial charge in [0.05, 0.1) is 19.2 Å². The third-order valence-electron chi connectivity index (χ3n) is 2.77. The van der Waals surface area contributed by atoms with Gasteiger partial charge in [-0.25, -0.2) is 0 Å². The van der Waals surface area contributed by atoms with Gasteiger partial charge in [0.15, 0.2) is 0 Å². The molecular weight excluding hydrogens is 248 g/mol. The third kappa shape index (κ3) is 4.37. The van der Waals surface area contributed by atoms with E-state index in [2.05, 4.69) is 36.7 Å². The van der Waals surface area contributed by atoms with Crippen LogP contribution in [0.1, 0.15) is 38.6 Å². The third-order valence-corrected chi connectivity index (χ3v) is 3.97. The molecule has 0 aliphatic heterocycles. The number of esters is 1. The summed E-state index contributed by atoms with van der Waals surface area (Å²) in [7, 11) is 1.43.